The van der Waals surface area contributed by atoms with E-state index >= 15 is 4.39 Å². The summed E-state index contributed by atoms with van der Waals surface area (Å²) in [5.74, 6) is -0.337. The van der Waals surface area contributed by atoms with Crippen LogP contribution in [-0.2, 0) is 16.6 Å². The third kappa shape index (κ3) is 4.14. The average Bonchev–Trinajstić information content (AvgIpc) is 3.42. The minimum atomic E-state index is -3.59. The lowest BCUT2D eigenvalue weighted by molar-refractivity contribution is 0.243. The third-order valence-electron chi connectivity index (χ3n) is 8.10. The van der Waals surface area contributed by atoms with Crippen LogP contribution in [0.1, 0.15) is 60.9 Å². The van der Waals surface area contributed by atoms with E-state index in [1.807, 2.05) is 41.0 Å². The minimum absolute atomic E-state index is 0.0908. The second kappa shape index (κ2) is 8.71. The van der Waals surface area contributed by atoms with Crippen molar-refractivity contribution in [3.8, 4) is 0 Å². The van der Waals surface area contributed by atoms with Gasteiger partial charge in [0.1, 0.15) is 23.7 Å². The number of aromatic nitrogens is 3. The zero-order valence-electron chi connectivity index (χ0n) is 19.6. The van der Waals surface area contributed by atoms with Crippen LogP contribution in [0.5, 0.6) is 0 Å². The zero-order chi connectivity index (χ0) is 24.0. The molecule has 1 saturated carbocycles. The van der Waals surface area contributed by atoms with E-state index in [0.717, 1.165) is 56.4 Å². The highest BCUT2D eigenvalue weighted by molar-refractivity contribution is 7.89. The molecule has 184 valence electrons. The summed E-state index contributed by atoms with van der Waals surface area (Å²) in [7, 11) is -3.59. The number of benzene rings is 2. The van der Waals surface area contributed by atoms with Gasteiger partial charge < -0.3 is 9.47 Å². The number of anilines is 1. The number of hydrogen-bond acceptors (Lipinski definition) is 5. The molecular weight excluding hydrogens is 465 g/mol. The Kier molecular flexibility index (Phi) is 5.64. The first kappa shape index (κ1) is 22.7. The number of halogens is 1. The van der Waals surface area contributed by atoms with Gasteiger partial charge in [0.15, 0.2) is 0 Å². The van der Waals surface area contributed by atoms with Gasteiger partial charge in [0.2, 0.25) is 10.0 Å². The third-order valence-corrected chi connectivity index (χ3v) is 10.5. The van der Waals surface area contributed by atoms with Crippen LogP contribution in [0.3, 0.4) is 0 Å². The van der Waals surface area contributed by atoms with Crippen molar-refractivity contribution in [3.05, 3.63) is 78.1 Å². The summed E-state index contributed by atoms with van der Waals surface area (Å²) in [6.07, 6.45) is 8.54. The summed E-state index contributed by atoms with van der Waals surface area (Å²) in [6, 6.07) is 15.1. The van der Waals surface area contributed by atoms with Gasteiger partial charge in [-0.3, -0.25) is 0 Å². The molecule has 0 amide bonds. The van der Waals surface area contributed by atoms with E-state index in [1.165, 1.54) is 0 Å². The maximum absolute atomic E-state index is 15.3. The first-order valence-corrected chi connectivity index (χ1v) is 13.9. The number of sulfonamides is 1. The summed E-state index contributed by atoms with van der Waals surface area (Å²) < 4.78 is 46.4. The molecule has 3 heterocycles. The fourth-order valence-corrected chi connectivity index (χ4v) is 8.20. The first-order chi connectivity index (χ1) is 17.0. The minimum Gasteiger partial charge on any atom is -0.371 e. The molecule has 0 N–H and O–H groups in total. The Morgan fingerprint density at radius 1 is 0.943 bits per heavy atom. The molecule has 3 fully saturated rings. The summed E-state index contributed by atoms with van der Waals surface area (Å²) >= 11 is 0. The smallest absolute Gasteiger partial charge is 0.221 e. The monoisotopic (exact) mass is 495 g/mol. The lowest BCUT2D eigenvalue weighted by atomic mass is 10.0. The summed E-state index contributed by atoms with van der Waals surface area (Å²) in [5.41, 5.74) is 1.77. The van der Waals surface area contributed by atoms with Crippen molar-refractivity contribution in [1.29, 1.82) is 0 Å². The number of hydrogen-bond donors (Lipinski definition) is 0. The SMILES string of the molecule is O=S1(=O)[C@H](c2ccccc2)CCC2(CC2)N1Cc1ccc(N2CCC(n3cnnc3)CC2)cc1F. The van der Waals surface area contributed by atoms with E-state index in [4.69, 9.17) is 0 Å². The summed E-state index contributed by atoms with van der Waals surface area (Å²) in [6.45, 7) is 1.74. The van der Waals surface area contributed by atoms with Crippen molar-refractivity contribution >= 4 is 15.7 Å². The van der Waals surface area contributed by atoms with Crippen molar-refractivity contribution in [2.24, 2.45) is 0 Å². The molecule has 6 rings (SSSR count). The van der Waals surface area contributed by atoms with Gasteiger partial charge in [-0.1, -0.05) is 36.4 Å². The molecule has 2 aromatic carbocycles. The van der Waals surface area contributed by atoms with Crippen LogP contribution in [-0.4, -0.2) is 46.1 Å². The standard InChI is InChI=1S/C26H30FN5O2S/c27-24-16-23(30-14-9-22(10-15-30)31-18-28-29-19-31)7-6-21(24)17-32-26(12-13-26)11-8-25(35(32,33)34)20-4-2-1-3-5-20/h1-7,16,18-19,22,25H,8-15,17H2/t25-/m0/s1. The van der Waals surface area contributed by atoms with Crippen molar-refractivity contribution in [2.45, 2.75) is 61.9 Å². The molecule has 2 saturated heterocycles. The lowest BCUT2D eigenvalue weighted by Crippen LogP contribution is -2.48. The van der Waals surface area contributed by atoms with Crippen LogP contribution in [0.4, 0.5) is 10.1 Å². The van der Waals surface area contributed by atoms with Crippen LogP contribution in [0.15, 0.2) is 61.2 Å². The topological polar surface area (TPSA) is 71.3 Å². The molecular formula is C26H30FN5O2S. The Morgan fingerprint density at radius 2 is 1.66 bits per heavy atom. The van der Waals surface area contributed by atoms with E-state index in [2.05, 4.69) is 15.1 Å². The van der Waals surface area contributed by atoms with E-state index < -0.39 is 15.3 Å². The van der Waals surface area contributed by atoms with Crippen LogP contribution in [0.2, 0.25) is 0 Å². The molecule has 3 aliphatic rings. The molecule has 1 aromatic heterocycles. The van der Waals surface area contributed by atoms with Gasteiger partial charge in [-0.25, -0.2) is 12.8 Å². The van der Waals surface area contributed by atoms with Gasteiger partial charge in [0.05, 0.1) is 0 Å². The maximum Gasteiger partial charge on any atom is 0.221 e. The highest BCUT2D eigenvalue weighted by Crippen LogP contribution is 2.55. The highest BCUT2D eigenvalue weighted by Gasteiger charge is 2.57. The Morgan fingerprint density at radius 3 is 2.31 bits per heavy atom. The number of piperidine rings is 1. The molecule has 35 heavy (non-hydrogen) atoms. The number of rotatable bonds is 5. The van der Waals surface area contributed by atoms with Crippen molar-refractivity contribution in [3.63, 3.8) is 0 Å². The van der Waals surface area contributed by atoms with E-state index in [1.54, 1.807) is 29.1 Å². The van der Waals surface area contributed by atoms with Gasteiger partial charge >= 0.3 is 0 Å². The molecule has 3 aromatic rings. The number of nitrogens with zero attached hydrogens (tertiary/aromatic N) is 5. The molecule has 0 unspecified atom stereocenters. The van der Waals surface area contributed by atoms with E-state index in [9.17, 15) is 8.42 Å². The largest absolute Gasteiger partial charge is 0.371 e. The van der Waals surface area contributed by atoms with Crippen LogP contribution in [0, 0.1) is 5.82 Å². The molecule has 1 spiro atoms. The van der Waals surface area contributed by atoms with Gasteiger partial charge in [-0.2, -0.15) is 4.31 Å². The van der Waals surface area contributed by atoms with E-state index in [-0.39, 0.29) is 17.9 Å². The molecule has 9 heteroatoms. The van der Waals surface area contributed by atoms with Crippen molar-refractivity contribution < 1.29 is 12.8 Å². The van der Waals surface area contributed by atoms with Gasteiger partial charge in [0, 0.05) is 42.5 Å². The predicted molar refractivity (Wildman–Crippen MR) is 132 cm³/mol. The fourth-order valence-electron chi connectivity index (χ4n) is 5.84. The molecule has 0 radical (unpaired) electrons. The average molecular weight is 496 g/mol. The second-order valence-corrected chi connectivity index (χ2v) is 12.2. The highest BCUT2D eigenvalue weighted by atomic mass is 32.2. The normalized spacial score (nSPS) is 24.0. The molecule has 2 aliphatic heterocycles. The van der Waals surface area contributed by atoms with Crippen molar-refractivity contribution in [1.82, 2.24) is 19.1 Å². The van der Waals surface area contributed by atoms with Crippen molar-refractivity contribution in [2.75, 3.05) is 18.0 Å². The lowest BCUT2D eigenvalue weighted by Gasteiger charge is -2.40. The van der Waals surface area contributed by atoms with Crippen LogP contribution in [0.25, 0.3) is 0 Å². The molecule has 1 atom stereocenters. The maximum atomic E-state index is 15.3. The van der Waals surface area contributed by atoms with Gasteiger partial charge in [-0.05, 0) is 56.2 Å². The van der Waals surface area contributed by atoms with E-state index in [0.29, 0.717) is 18.0 Å². The zero-order valence-corrected chi connectivity index (χ0v) is 20.4. The molecule has 7 nitrogen and oxygen atoms in total. The van der Waals surface area contributed by atoms with Gasteiger partial charge in [0.25, 0.3) is 0 Å². The molecule has 0 bridgehead atoms. The summed E-state index contributed by atoms with van der Waals surface area (Å²) in [4.78, 5) is 2.19. The first-order valence-electron chi connectivity index (χ1n) is 12.4. The van der Waals surface area contributed by atoms with Crippen LogP contribution >= 0.6 is 0 Å². The Bertz CT molecular complexity index is 1290. The Hall–Kier alpha value is -2.78. The van der Waals surface area contributed by atoms with Gasteiger partial charge in [-0.15, -0.1) is 10.2 Å². The fraction of sp³-hybridized carbons (Fsp3) is 0.462. The second-order valence-electron chi connectivity index (χ2n) is 10.1. The predicted octanol–water partition coefficient (Wildman–Crippen LogP) is 4.46. The summed E-state index contributed by atoms with van der Waals surface area (Å²) in [5, 5.41) is 7.22. The molecule has 1 aliphatic carbocycles. The quantitative estimate of drug-likeness (QED) is 0.523. The van der Waals surface area contributed by atoms with Crippen LogP contribution < -0.4 is 4.90 Å². The Balaban J connectivity index is 1.19. The Labute approximate surface area is 205 Å².